The van der Waals surface area contributed by atoms with Gasteiger partial charge in [-0.25, -0.2) is 0 Å². The van der Waals surface area contributed by atoms with E-state index >= 15 is 0 Å². The molecule has 0 saturated carbocycles. The number of ether oxygens (including phenoxy) is 2. The molecule has 0 saturated heterocycles. The molecule has 1 aliphatic heterocycles. The lowest BCUT2D eigenvalue weighted by molar-refractivity contribution is 0.102. The number of aryl methyl sites for hydroxylation is 1. The maximum atomic E-state index is 13.3. The van der Waals surface area contributed by atoms with Crippen LogP contribution >= 0.6 is 0 Å². The molecule has 2 aliphatic rings. The number of benzene rings is 3. The molecule has 0 unspecified atom stereocenters. The van der Waals surface area contributed by atoms with Gasteiger partial charge in [-0.05, 0) is 59.0 Å². The summed E-state index contributed by atoms with van der Waals surface area (Å²) in [6.45, 7) is 0.244. The minimum Gasteiger partial charge on any atom is -0.454 e. The first kappa shape index (κ1) is 16.3. The number of nitrogens with zero attached hydrogens (tertiary/aromatic N) is 1. The maximum Gasteiger partial charge on any atom is 0.231 e. The van der Waals surface area contributed by atoms with Gasteiger partial charge in [-0.1, -0.05) is 36.4 Å². The second-order valence-electron chi connectivity index (χ2n) is 7.44. The second kappa shape index (κ2) is 6.17. The summed E-state index contributed by atoms with van der Waals surface area (Å²) in [7, 11) is 0. The Labute approximate surface area is 167 Å². The van der Waals surface area contributed by atoms with E-state index in [4.69, 9.17) is 9.47 Å². The fraction of sp³-hybridized carbons (Fsp3) is 0.120. The number of Topliss-reactive ketones (excluding diaryl/α,β-unsaturated/α-hetero) is 1. The lowest BCUT2D eigenvalue weighted by atomic mass is 9.84. The number of carbonyl (C=O) groups is 1. The number of rotatable bonds is 1. The SMILES string of the molecule is O=C1C(=Cc2ccc3c(c2)OCO3)CCc2c1cnc1ccc3ccccc3c21. The van der Waals surface area contributed by atoms with Gasteiger partial charge in [-0.3, -0.25) is 9.78 Å². The highest BCUT2D eigenvalue weighted by molar-refractivity contribution is 6.17. The molecule has 29 heavy (non-hydrogen) atoms. The molecule has 0 fully saturated rings. The van der Waals surface area contributed by atoms with Crippen LogP contribution in [0.3, 0.4) is 0 Å². The Balaban J connectivity index is 1.47. The molecule has 1 aromatic heterocycles. The minimum atomic E-state index is 0.0613. The predicted molar refractivity (Wildman–Crippen MR) is 112 cm³/mol. The fourth-order valence-electron chi connectivity index (χ4n) is 4.37. The molecule has 0 bridgehead atoms. The number of aromatic nitrogens is 1. The highest BCUT2D eigenvalue weighted by Crippen LogP contribution is 2.36. The number of pyridine rings is 1. The van der Waals surface area contributed by atoms with E-state index in [0.29, 0.717) is 12.0 Å². The summed E-state index contributed by atoms with van der Waals surface area (Å²) >= 11 is 0. The average molecular weight is 379 g/mol. The summed E-state index contributed by atoms with van der Waals surface area (Å²) in [5.74, 6) is 1.53. The molecule has 140 valence electrons. The highest BCUT2D eigenvalue weighted by Gasteiger charge is 2.25. The van der Waals surface area contributed by atoms with Gasteiger partial charge in [0.1, 0.15) is 0 Å². The number of ketones is 1. The minimum absolute atomic E-state index is 0.0613. The molecule has 3 aromatic carbocycles. The van der Waals surface area contributed by atoms with E-state index in [1.807, 2.05) is 42.5 Å². The van der Waals surface area contributed by atoms with Crippen molar-refractivity contribution in [1.82, 2.24) is 4.98 Å². The number of hydrogen-bond acceptors (Lipinski definition) is 4. The summed E-state index contributed by atoms with van der Waals surface area (Å²) in [5.41, 5.74) is 4.52. The lowest BCUT2D eigenvalue weighted by Gasteiger charge is -2.20. The van der Waals surface area contributed by atoms with Gasteiger partial charge in [0.25, 0.3) is 0 Å². The van der Waals surface area contributed by atoms with Crippen LogP contribution in [0.15, 0.2) is 66.4 Å². The Hall–Kier alpha value is -3.66. The predicted octanol–water partition coefficient (Wildman–Crippen LogP) is 5.33. The molecule has 0 spiro atoms. The van der Waals surface area contributed by atoms with Crippen LogP contribution in [-0.2, 0) is 6.42 Å². The van der Waals surface area contributed by atoms with Gasteiger partial charge in [0, 0.05) is 22.7 Å². The topological polar surface area (TPSA) is 48.4 Å². The maximum absolute atomic E-state index is 13.3. The third kappa shape index (κ3) is 2.53. The zero-order valence-corrected chi connectivity index (χ0v) is 15.6. The van der Waals surface area contributed by atoms with Crippen LogP contribution < -0.4 is 9.47 Å². The third-order valence-corrected chi connectivity index (χ3v) is 5.78. The highest BCUT2D eigenvalue weighted by atomic mass is 16.7. The van der Waals surface area contributed by atoms with Gasteiger partial charge in [-0.2, -0.15) is 0 Å². The largest absolute Gasteiger partial charge is 0.454 e. The van der Waals surface area contributed by atoms with Crippen molar-refractivity contribution in [3.8, 4) is 11.5 Å². The van der Waals surface area contributed by atoms with E-state index in [2.05, 4.69) is 23.2 Å². The molecule has 0 radical (unpaired) electrons. The van der Waals surface area contributed by atoms with Crippen molar-refractivity contribution in [2.45, 2.75) is 12.8 Å². The monoisotopic (exact) mass is 379 g/mol. The number of carbonyl (C=O) groups excluding carboxylic acids is 1. The second-order valence-corrected chi connectivity index (χ2v) is 7.44. The zero-order chi connectivity index (χ0) is 19.4. The lowest BCUT2D eigenvalue weighted by Crippen LogP contribution is -2.15. The van der Waals surface area contributed by atoms with Crippen molar-refractivity contribution in [3.05, 3.63) is 83.1 Å². The number of fused-ring (bicyclic) bond motifs is 6. The van der Waals surface area contributed by atoms with Crippen molar-refractivity contribution in [2.75, 3.05) is 6.79 Å². The van der Waals surface area contributed by atoms with Crippen molar-refractivity contribution < 1.29 is 14.3 Å². The molecule has 4 heteroatoms. The van der Waals surface area contributed by atoms with Crippen LogP contribution in [0.5, 0.6) is 11.5 Å². The summed E-state index contributed by atoms with van der Waals surface area (Å²) in [5, 5.41) is 3.44. The van der Waals surface area contributed by atoms with E-state index in [1.54, 1.807) is 6.20 Å². The van der Waals surface area contributed by atoms with Crippen LogP contribution in [-0.4, -0.2) is 17.6 Å². The van der Waals surface area contributed by atoms with Crippen molar-refractivity contribution >= 4 is 33.5 Å². The molecule has 6 rings (SSSR count). The van der Waals surface area contributed by atoms with Crippen LogP contribution in [0, 0.1) is 0 Å². The molecule has 0 atom stereocenters. The summed E-state index contributed by atoms with van der Waals surface area (Å²) in [4.78, 5) is 17.9. The standard InChI is InChI=1S/C25H17NO3/c27-25-17(11-15-5-10-22-23(12-15)29-14-28-22)6-8-19-20(25)13-26-21-9-7-16-3-1-2-4-18(16)24(19)21/h1-5,7,9-13H,6,8,14H2. The average Bonchev–Trinajstić information content (AvgIpc) is 3.23. The quantitative estimate of drug-likeness (QED) is 0.331. The van der Waals surface area contributed by atoms with E-state index in [-0.39, 0.29) is 12.6 Å². The Morgan fingerprint density at radius 1 is 0.931 bits per heavy atom. The van der Waals surface area contributed by atoms with Gasteiger partial charge in [0.05, 0.1) is 5.52 Å². The molecule has 0 N–H and O–H groups in total. The molecule has 4 aromatic rings. The first-order valence-corrected chi connectivity index (χ1v) is 9.72. The molecule has 1 aliphatic carbocycles. The Morgan fingerprint density at radius 2 is 1.83 bits per heavy atom. The molecular formula is C25H17NO3. The summed E-state index contributed by atoms with van der Waals surface area (Å²) < 4.78 is 10.8. The van der Waals surface area contributed by atoms with E-state index in [0.717, 1.165) is 50.9 Å². The van der Waals surface area contributed by atoms with E-state index < -0.39 is 0 Å². The number of allylic oxidation sites excluding steroid dienone is 1. The Kier molecular flexibility index (Phi) is 3.47. The van der Waals surface area contributed by atoms with Crippen molar-refractivity contribution in [3.63, 3.8) is 0 Å². The van der Waals surface area contributed by atoms with E-state index in [1.165, 1.54) is 5.39 Å². The first-order valence-electron chi connectivity index (χ1n) is 9.72. The smallest absolute Gasteiger partial charge is 0.231 e. The van der Waals surface area contributed by atoms with Crippen LogP contribution in [0.4, 0.5) is 0 Å². The normalized spacial score (nSPS) is 16.6. The van der Waals surface area contributed by atoms with Crippen LogP contribution in [0.2, 0.25) is 0 Å². The molecule has 2 heterocycles. The van der Waals surface area contributed by atoms with Gasteiger partial charge in [0.2, 0.25) is 6.79 Å². The fourth-order valence-corrected chi connectivity index (χ4v) is 4.37. The third-order valence-electron chi connectivity index (χ3n) is 5.78. The van der Waals surface area contributed by atoms with Gasteiger partial charge in [0.15, 0.2) is 17.3 Å². The summed E-state index contributed by atoms with van der Waals surface area (Å²) in [6, 6.07) is 18.2. The first-order chi connectivity index (χ1) is 14.3. The molecular weight excluding hydrogens is 362 g/mol. The summed E-state index contributed by atoms with van der Waals surface area (Å²) in [6.07, 6.45) is 5.23. The zero-order valence-electron chi connectivity index (χ0n) is 15.6. The Bertz CT molecular complexity index is 1350. The van der Waals surface area contributed by atoms with E-state index in [9.17, 15) is 4.79 Å². The van der Waals surface area contributed by atoms with Crippen LogP contribution in [0.25, 0.3) is 27.8 Å². The number of hydrogen-bond donors (Lipinski definition) is 0. The van der Waals surface area contributed by atoms with Crippen LogP contribution in [0.1, 0.15) is 27.9 Å². The van der Waals surface area contributed by atoms with Gasteiger partial charge in [-0.15, -0.1) is 0 Å². The van der Waals surface area contributed by atoms with Crippen molar-refractivity contribution in [1.29, 1.82) is 0 Å². The van der Waals surface area contributed by atoms with Crippen molar-refractivity contribution in [2.24, 2.45) is 0 Å². The van der Waals surface area contributed by atoms with Gasteiger partial charge < -0.3 is 9.47 Å². The Morgan fingerprint density at radius 3 is 2.79 bits per heavy atom. The molecule has 0 amide bonds. The molecule has 4 nitrogen and oxygen atoms in total. The van der Waals surface area contributed by atoms with Gasteiger partial charge >= 0.3 is 0 Å².